The predicted molar refractivity (Wildman–Crippen MR) is 77.9 cm³/mol. The van der Waals surface area contributed by atoms with Gasteiger partial charge in [0, 0.05) is 17.7 Å². The summed E-state index contributed by atoms with van der Waals surface area (Å²) in [5, 5.41) is 22.5. The van der Waals surface area contributed by atoms with Gasteiger partial charge in [-0.1, -0.05) is 30.3 Å². The minimum absolute atomic E-state index is 0.157. The zero-order valence-corrected chi connectivity index (χ0v) is 11.2. The third-order valence-corrected chi connectivity index (χ3v) is 3.36. The Morgan fingerprint density at radius 1 is 0.909 bits per heavy atom. The largest absolute Gasteiger partial charge is 0.473 e. The van der Waals surface area contributed by atoms with Crippen LogP contribution in [0.3, 0.4) is 0 Å². The van der Waals surface area contributed by atoms with E-state index in [0.717, 1.165) is 0 Å². The molecule has 0 aliphatic carbocycles. The molecule has 1 aliphatic heterocycles. The molecule has 0 amide bonds. The van der Waals surface area contributed by atoms with E-state index < -0.39 is 16.0 Å². The van der Waals surface area contributed by atoms with Crippen molar-refractivity contribution < 1.29 is 14.6 Å². The number of para-hydroxylation sites is 2. The third kappa shape index (κ3) is 2.28. The molecular weight excluding hydrogens is 288 g/mol. The highest BCUT2D eigenvalue weighted by atomic mass is 16.6. The third-order valence-electron chi connectivity index (χ3n) is 3.36. The first-order valence-electron chi connectivity index (χ1n) is 6.43. The van der Waals surface area contributed by atoms with Crippen LogP contribution in [0, 0.1) is 20.2 Å². The topological polar surface area (TPSA) is 95.5 Å². The zero-order valence-electron chi connectivity index (χ0n) is 11.2. The lowest BCUT2D eigenvalue weighted by molar-refractivity contribution is -0.435. The van der Waals surface area contributed by atoms with Crippen molar-refractivity contribution in [2.45, 2.75) is 6.10 Å². The van der Waals surface area contributed by atoms with Crippen molar-refractivity contribution in [3.05, 3.63) is 85.6 Å². The van der Waals surface area contributed by atoms with Gasteiger partial charge in [-0.2, -0.15) is 0 Å². The summed E-state index contributed by atoms with van der Waals surface area (Å²) in [7, 11) is 0. The molecule has 0 N–H and O–H groups in total. The Morgan fingerprint density at radius 3 is 2.32 bits per heavy atom. The highest BCUT2D eigenvalue weighted by Gasteiger charge is 2.37. The van der Waals surface area contributed by atoms with Gasteiger partial charge in [0.25, 0.3) is 11.4 Å². The Hall–Kier alpha value is -3.22. The van der Waals surface area contributed by atoms with Gasteiger partial charge >= 0.3 is 0 Å². The van der Waals surface area contributed by atoms with Crippen molar-refractivity contribution in [1.29, 1.82) is 0 Å². The molecule has 0 radical (unpaired) electrons. The van der Waals surface area contributed by atoms with E-state index in [2.05, 4.69) is 0 Å². The van der Waals surface area contributed by atoms with E-state index in [1.807, 2.05) is 0 Å². The average Bonchev–Trinajstić information content (AvgIpc) is 2.53. The molecule has 0 bridgehead atoms. The van der Waals surface area contributed by atoms with Crippen LogP contribution in [0.4, 0.5) is 5.69 Å². The van der Waals surface area contributed by atoms with Crippen LogP contribution in [-0.2, 0) is 0 Å². The van der Waals surface area contributed by atoms with Crippen LogP contribution in [0.25, 0.3) is 6.08 Å². The fraction of sp³-hybridized carbons (Fsp3) is 0.0667. The van der Waals surface area contributed by atoms with E-state index in [1.165, 1.54) is 24.3 Å². The molecule has 3 rings (SSSR count). The second-order valence-corrected chi connectivity index (χ2v) is 4.68. The number of ether oxygens (including phenoxy) is 1. The summed E-state index contributed by atoms with van der Waals surface area (Å²) in [4.78, 5) is 21.3. The second-order valence-electron chi connectivity index (χ2n) is 4.68. The van der Waals surface area contributed by atoms with Gasteiger partial charge in [0.2, 0.25) is 6.10 Å². The Kier molecular flexibility index (Phi) is 3.30. The fourth-order valence-electron chi connectivity index (χ4n) is 2.38. The van der Waals surface area contributed by atoms with Crippen LogP contribution >= 0.6 is 0 Å². The lowest BCUT2D eigenvalue weighted by Gasteiger charge is -2.22. The first-order chi connectivity index (χ1) is 10.6. The molecule has 110 valence electrons. The maximum Gasteiger partial charge on any atom is 0.292 e. The maximum absolute atomic E-state index is 11.3. The van der Waals surface area contributed by atoms with Crippen molar-refractivity contribution in [1.82, 2.24) is 0 Å². The van der Waals surface area contributed by atoms with Gasteiger partial charge in [-0.25, -0.2) is 0 Å². The Morgan fingerprint density at radius 2 is 1.59 bits per heavy atom. The van der Waals surface area contributed by atoms with Crippen LogP contribution in [0.1, 0.15) is 17.2 Å². The Balaban J connectivity index is 2.16. The van der Waals surface area contributed by atoms with Crippen molar-refractivity contribution in [2.75, 3.05) is 0 Å². The number of hydrogen-bond donors (Lipinski definition) is 0. The molecule has 0 saturated heterocycles. The normalized spacial score (nSPS) is 16.2. The highest BCUT2D eigenvalue weighted by Crippen LogP contribution is 2.40. The van der Waals surface area contributed by atoms with E-state index in [-0.39, 0.29) is 16.9 Å². The standard InChI is InChI=1S/C15H10N2O5/c18-16(19)12-7-3-2-6-11(12)15-13(17(20)21)9-10-5-1-4-8-14(10)22-15/h1-9,15H. The molecule has 1 atom stereocenters. The van der Waals surface area contributed by atoms with Gasteiger partial charge in [-0.3, -0.25) is 20.2 Å². The Bertz CT molecular complexity index is 800. The zero-order chi connectivity index (χ0) is 15.7. The molecule has 22 heavy (non-hydrogen) atoms. The molecule has 2 aromatic carbocycles. The molecular formula is C15H10N2O5. The van der Waals surface area contributed by atoms with Crippen molar-refractivity contribution in [2.24, 2.45) is 0 Å². The minimum atomic E-state index is -1.12. The van der Waals surface area contributed by atoms with E-state index in [9.17, 15) is 20.2 Å². The monoisotopic (exact) mass is 298 g/mol. The molecule has 2 aromatic rings. The molecule has 0 saturated carbocycles. The lowest BCUT2D eigenvalue weighted by Crippen LogP contribution is -2.20. The fourth-order valence-corrected chi connectivity index (χ4v) is 2.38. The molecule has 0 fully saturated rings. The first kappa shape index (κ1) is 13.7. The van der Waals surface area contributed by atoms with E-state index in [1.54, 1.807) is 30.3 Å². The number of hydrogen-bond acceptors (Lipinski definition) is 5. The van der Waals surface area contributed by atoms with Crippen LogP contribution < -0.4 is 4.74 Å². The number of nitro groups is 2. The number of rotatable bonds is 3. The molecule has 1 unspecified atom stereocenters. The number of fused-ring (bicyclic) bond motifs is 1. The molecule has 1 aliphatic rings. The van der Waals surface area contributed by atoms with E-state index in [4.69, 9.17) is 4.74 Å². The summed E-state index contributed by atoms with van der Waals surface area (Å²) < 4.78 is 5.67. The van der Waals surface area contributed by atoms with Gasteiger partial charge in [-0.15, -0.1) is 0 Å². The molecule has 0 spiro atoms. The quantitative estimate of drug-likeness (QED) is 0.639. The summed E-state index contributed by atoms with van der Waals surface area (Å²) in [5.41, 5.74) is 0.293. The highest BCUT2D eigenvalue weighted by molar-refractivity contribution is 5.63. The van der Waals surface area contributed by atoms with Crippen LogP contribution in [0.2, 0.25) is 0 Å². The summed E-state index contributed by atoms with van der Waals surface area (Å²) in [6.45, 7) is 0. The summed E-state index contributed by atoms with van der Waals surface area (Å²) in [5.74, 6) is 0.455. The Labute approximate surface area is 124 Å². The SMILES string of the molecule is O=[N+]([O-])C1=Cc2ccccc2OC1c1ccccc1[N+](=O)[O-]. The van der Waals surface area contributed by atoms with Crippen LogP contribution in [0.15, 0.2) is 54.2 Å². The van der Waals surface area contributed by atoms with E-state index in [0.29, 0.717) is 11.3 Å². The smallest absolute Gasteiger partial charge is 0.292 e. The number of benzene rings is 2. The van der Waals surface area contributed by atoms with E-state index >= 15 is 0 Å². The van der Waals surface area contributed by atoms with Gasteiger partial charge in [0.05, 0.1) is 15.4 Å². The van der Waals surface area contributed by atoms with Crippen molar-refractivity contribution in [3.63, 3.8) is 0 Å². The predicted octanol–water partition coefficient (Wildman–Crippen LogP) is 3.35. The summed E-state index contributed by atoms with van der Waals surface area (Å²) >= 11 is 0. The molecule has 0 aromatic heterocycles. The first-order valence-corrected chi connectivity index (χ1v) is 6.43. The molecule has 7 heteroatoms. The van der Waals surface area contributed by atoms with Crippen molar-refractivity contribution in [3.8, 4) is 5.75 Å². The van der Waals surface area contributed by atoms with Crippen molar-refractivity contribution >= 4 is 11.8 Å². The minimum Gasteiger partial charge on any atom is -0.473 e. The number of nitro benzene ring substituents is 1. The molecule has 7 nitrogen and oxygen atoms in total. The van der Waals surface area contributed by atoms with Gasteiger partial charge < -0.3 is 4.74 Å². The average molecular weight is 298 g/mol. The van der Waals surface area contributed by atoms with Gasteiger partial charge in [0.15, 0.2) is 0 Å². The maximum atomic E-state index is 11.3. The van der Waals surface area contributed by atoms with Gasteiger partial charge in [-0.05, 0) is 12.1 Å². The summed E-state index contributed by atoms with van der Waals surface area (Å²) in [6.07, 6.45) is 0.270. The van der Waals surface area contributed by atoms with Gasteiger partial charge in [0.1, 0.15) is 5.75 Å². The molecule has 1 heterocycles. The van der Waals surface area contributed by atoms with Crippen LogP contribution in [-0.4, -0.2) is 9.85 Å². The lowest BCUT2D eigenvalue weighted by atomic mass is 10.00. The van der Waals surface area contributed by atoms with Crippen LogP contribution in [0.5, 0.6) is 5.75 Å². The second kappa shape index (κ2) is 5.28. The number of nitrogens with zero attached hydrogens (tertiary/aromatic N) is 2. The summed E-state index contributed by atoms with van der Waals surface area (Å²) in [6, 6.07) is 12.7.